The lowest BCUT2D eigenvalue weighted by Gasteiger charge is -2.29. The molecule has 0 unspecified atom stereocenters. The van der Waals surface area contributed by atoms with Crippen molar-refractivity contribution in [1.29, 1.82) is 0 Å². The fraction of sp³-hybridized carbons (Fsp3) is 0.200. The predicted molar refractivity (Wildman–Crippen MR) is 98.0 cm³/mol. The van der Waals surface area contributed by atoms with E-state index in [1.165, 1.54) is 0 Å². The van der Waals surface area contributed by atoms with Crippen LogP contribution in [-0.4, -0.2) is 34.6 Å². The van der Waals surface area contributed by atoms with Crippen molar-refractivity contribution < 1.29 is 4.79 Å². The smallest absolute Gasteiger partial charge is 0.256 e. The van der Waals surface area contributed by atoms with Gasteiger partial charge in [0.05, 0.1) is 17.4 Å². The van der Waals surface area contributed by atoms with E-state index >= 15 is 0 Å². The molecule has 1 aliphatic rings. The lowest BCUT2D eigenvalue weighted by Crippen LogP contribution is -2.36. The van der Waals surface area contributed by atoms with Gasteiger partial charge in [-0.05, 0) is 24.3 Å². The number of carbonyl (C=O) groups excluding carboxylic acids is 1. The van der Waals surface area contributed by atoms with Crippen LogP contribution in [0.4, 0.5) is 11.4 Å². The van der Waals surface area contributed by atoms with Crippen LogP contribution in [0, 0.1) is 0 Å². The second kappa shape index (κ2) is 6.43. The maximum atomic E-state index is 13.2. The highest BCUT2D eigenvalue weighted by Crippen LogP contribution is 2.29. The Labute approximate surface area is 146 Å². The second-order valence-corrected chi connectivity index (χ2v) is 6.26. The summed E-state index contributed by atoms with van der Waals surface area (Å²) in [5.41, 5.74) is 4.93. The molecule has 4 rings (SSSR count). The fourth-order valence-electron chi connectivity index (χ4n) is 3.30. The summed E-state index contributed by atoms with van der Waals surface area (Å²) in [6.45, 7) is 1.31. The highest BCUT2D eigenvalue weighted by Gasteiger charge is 2.25. The number of carbonyl (C=O) groups is 1. The minimum atomic E-state index is 0.0604. The summed E-state index contributed by atoms with van der Waals surface area (Å²) in [7, 11) is 1.99. The molecule has 0 radical (unpaired) electrons. The van der Waals surface area contributed by atoms with E-state index in [-0.39, 0.29) is 5.91 Å². The van der Waals surface area contributed by atoms with Crippen molar-refractivity contribution in [3.05, 3.63) is 77.6 Å². The number of amides is 1. The predicted octanol–water partition coefficient (Wildman–Crippen LogP) is 3.38. The number of fused-ring (bicyclic) bond motifs is 1. The highest BCUT2D eigenvalue weighted by molar-refractivity contribution is 6.00. The quantitative estimate of drug-likeness (QED) is 0.800. The Bertz CT molecular complexity index is 887. The van der Waals surface area contributed by atoms with Crippen LogP contribution in [0.25, 0.3) is 0 Å². The molecule has 5 nitrogen and oxygen atoms in total. The number of nitrogens with zero attached hydrogens (tertiary/aromatic N) is 3. The van der Waals surface area contributed by atoms with Crippen molar-refractivity contribution in [3.63, 3.8) is 0 Å². The zero-order chi connectivity index (χ0) is 17.2. The molecule has 0 bridgehead atoms. The molecule has 3 aromatic rings. The van der Waals surface area contributed by atoms with Crippen molar-refractivity contribution >= 4 is 17.3 Å². The topological polar surface area (TPSA) is 52.2 Å². The summed E-state index contributed by atoms with van der Waals surface area (Å²) in [6.07, 6.45) is 2.63. The summed E-state index contributed by atoms with van der Waals surface area (Å²) < 4.78 is 0. The molecular formula is C20H20N4O. The third-order valence-corrected chi connectivity index (χ3v) is 4.73. The first-order valence-corrected chi connectivity index (χ1v) is 8.42. The molecule has 0 saturated carbocycles. The van der Waals surface area contributed by atoms with Crippen LogP contribution in [0.3, 0.4) is 0 Å². The van der Waals surface area contributed by atoms with Gasteiger partial charge in [-0.15, -0.1) is 0 Å². The van der Waals surface area contributed by atoms with Crippen LogP contribution in [0.2, 0.25) is 0 Å². The number of benzene rings is 2. The minimum Gasteiger partial charge on any atom is -0.344 e. The fourth-order valence-corrected chi connectivity index (χ4v) is 3.30. The largest absolute Gasteiger partial charge is 0.344 e. The number of hydrogen-bond acceptors (Lipinski definition) is 3. The third-order valence-electron chi connectivity index (χ3n) is 4.73. The molecule has 5 heteroatoms. The van der Waals surface area contributed by atoms with Gasteiger partial charge >= 0.3 is 0 Å². The number of anilines is 2. The second-order valence-electron chi connectivity index (χ2n) is 6.26. The molecule has 0 atom stereocenters. The maximum absolute atomic E-state index is 13.2. The number of nitrogens with one attached hydrogen (secondary N) is 1. The molecule has 0 saturated heterocycles. The highest BCUT2D eigenvalue weighted by atomic mass is 16.2. The number of hydrogen-bond donors (Lipinski definition) is 1. The summed E-state index contributed by atoms with van der Waals surface area (Å²) in [5, 5.41) is 7.10. The van der Waals surface area contributed by atoms with Gasteiger partial charge in [-0.2, -0.15) is 5.10 Å². The van der Waals surface area contributed by atoms with E-state index in [0.717, 1.165) is 34.6 Å². The number of aromatic amines is 1. The Balaban J connectivity index is 1.64. The van der Waals surface area contributed by atoms with E-state index in [2.05, 4.69) is 15.1 Å². The first-order chi connectivity index (χ1) is 12.2. The lowest BCUT2D eigenvalue weighted by atomic mass is 10.1. The maximum Gasteiger partial charge on any atom is 0.256 e. The zero-order valence-electron chi connectivity index (χ0n) is 14.1. The van der Waals surface area contributed by atoms with Gasteiger partial charge in [-0.1, -0.05) is 30.3 Å². The normalized spacial score (nSPS) is 13.4. The van der Waals surface area contributed by atoms with Crippen molar-refractivity contribution in [2.24, 2.45) is 0 Å². The van der Waals surface area contributed by atoms with Gasteiger partial charge in [0.25, 0.3) is 5.91 Å². The van der Waals surface area contributed by atoms with E-state index in [1.807, 2.05) is 72.7 Å². The zero-order valence-corrected chi connectivity index (χ0v) is 14.1. The SMILES string of the molecule is CN(c1ccccc1)c1ccccc1C(=O)N1CCc2[nH]ncc2C1. The lowest BCUT2D eigenvalue weighted by molar-refractivity contribution is 0.0735. The van der Waals surface area contributed by atoms with Gasteiger partial charge in [-0.25, -0.2) is 0 Å². The van der Waals surface area contributed by atoms with Crippen molar-refractivity contribution in [2.75, 3.05) is 18.5 Å². The summed E-state index contributed by atoms with van der Waals surface area (Å²) in [4.78, 5) is 17.1. The van der Waals surface area contributed by atoms with Gasteiger partial charge in [0.2, 0.25) is 0 Å². The van der Waals surface area contributed by atoms with E-state index in [0.29, 0.717) is 13.1 Å². The molecular weight excluding hydrogens is 312 g/mol. The molecule has 0 spiro atoms. The Morgan fingerprint density at radius 3 is 2.72 bits per heavy atom. The van der Waals surface area contributed by atoms with Crippen LogP contribution >= 0.6 is 0 Å². The summed E-state index contributed by atoms with van der Waals surface area (Å²) in [6, 6.07) is 17.9. The van der Waals surface area contributed by atoms with Gasteiger partial charge in [-0.3, -0.25) is 9.89 Å². The standard InChI is InChI=1S/C20H20N4O/c1-23(16-7-3-2-4-8-16)19-10-6-5-9-17(19)20(25)24-12-11-18-15(14-24)13-21-22-18/h2-10,13H,11-12,14H2,1H3,(H,21,22). The van der Waals surface area contributed by atoms with Crippen LogP contribution in [0.1, 0.15) is 21.6 Å². The molecule has 25 heavy (non-hydrogen) atoms. The van der Waals surface area contributed by atoms with Crippen molar-refractivity contribution in [1.82, 2.24) is 15.1 Å². The van der Waals surface area contributed by atoms with Gasteiger partial charge < -0.3 is 9.80 Å². The van der Waals surface area contributed by atoms with E-state index < -0.39 is 0 Å². The molecule has 1 aliphatic heterocycles. The Hall–Kier alpha value is -3.08. The van der Waals surface area contributed by atoms with Gasteiger partial charge in [0, 0.05) is 43.5 Å². The van der Waals surface area contributed by atoms with Crippen LogP contribution in [0.5, 0.6) is 0 Å². The van der Waals surface area contributed by atoms with Crippen LogP contribution < -0.4 is 4.90 Å². The Morgan fingerprint density at radius 2 is 1.88 bits per heavy atom. The number of rotatable bonds is 3. The molecule has 1 N–H and O–H groups in total. The first-order valence-electron chi connectivity index (χ1n) is 8.42. The van der Waals surface area contributed by atoms with E-state index in [4.69, 9.17) is 0 Å². The van der Waals surface area contributed by atoms with Crippen LogP contribution in [0.15, 0.2) is 60.8 Å². The molecule has 0 fully saturated rings. The number of aromatic nitrogens is 2. The number of para-hydroxylation sites is 2. The Kier molecular flexibility index (Phi) is 3.98. The van der Waals surface area contributed by atoms with E-state index in [1.54, 1.807) is 0 Å². The van der Waals surface area contributed by atoms with Gasteiger partial charge in [0.1, 0.15) is 0 Å². The van der Waals surface area contributed by atoms with E-state index in [9.17, 15) is 4.79 Å². The molecule has 2 heterocycles. The molecule has 1 aromatic heterocycles. The monoisotopic (exact) mass is 332 g/mol. The minimum absolute atomic E-state index is 0.0604. The molecule has 2 aromatic carbocycles. The third kappa shape index (κ3) is 2.89. The van der Waals surface area contributed by atoms with Gasteiger partial charge in [0.15, 0.2) is 0 Å². The van der Waals surface area contributed by atoms with Crippen molar-refractivity contribution in [3.8, 4) is 0 Å². The molecule has 126 valence electrons. The average Bonchev–Trinajstić information content (AvgIpc) is 3.15. The van der Waals surface area contributed by atoms with Crippen molar-refractivity contribution in [2.45, 2.75) is 13.0 Å². The average molecular weight is 332 g/mol. The molecule has 0 aliphatic carbocycles. The first kappa shape index (κ1) is 15.4. The molecule has 1 amide bonds. The summed E-state index contributed by atoms with van der Waals surface area (Å²) >= 11 is 0. The Morgan fingerprint density at radius 1 is 1.12 bits per heavy atom. The summed E-state index contributed by atoms with van der Waals surface area (Å²) in [5.74, 6) is 0.0604. The van der Waals surface area contributed by atoms with Crippen LogP contribution in [-0.2, 0) is 13.0 Å². The number of H-pyrrole nitrogens is 1.